The van der Waals surface area contributed by atoms with Crippen molar-refractivity contribution < 1.29 is 4.74 Å². The van der Waals surface area contributed by atoms with E-state index in [2.05, 4.69) is 30.5 Å². The number of benzene rings is 1. The molecule has 0 amide bonds. The molecule has 0 radical (unpaired) electrons. The van der Waals surface area contributed by atoms with E-state index in [0.29, 0.717) is 0 Å². The summed E-state index contributed by atoms with van der Waals surface area (Å²) in [4.78, 5) is 15.5. The van der Waals surface area contributed by atoms with Crippen molar-refractivity contribution in [3.05, 3.63) is 65.6 Å². The molecule has 0 N–H and O–H groups in total. The molecule has 6 nitrogen and oxygen atoms in total. The summed E-state index contributed by atoms with van der Waals surface area (Å²) in [5, 5.41) is 0.826. The van der Waals surface area contributed by atoms with E-state index in [9.17, 15) is 0 Å². The molecule has 2 aromatic heterocycles. The summed E-state index contributed by atoms with van der Waals surface area (Å²) >= 11 is 6.40. The van der Waals surface area contributed by atoms with Gasteiger partial charge < -0.3 is 9.30 Å². The van der Waals surface area contributed by atoms with Gasteiger partial charge in [0, 0.05) is 61.0 Å². The van der Waals surface area contributed by atoms with Gasteiger partial charge in [-0.3, -0.25) is 4.90 Å². The summed E-state index contributed by atoms with van der Waals surface area (Å²) < 4.78 is 8.34. The van der Waals surface area contributed by atoms with E-state index >= 15 is 0 Å². The second kappa shape index (κ2) is 7.28. The minimum atomic E-state index is 0.0335. The molecule has 4 heterocycles. The van der Waals surface area contributed by atoms with Crippen molar-refractivity contribution in [2.75, 3.05) is 26.3 Å². The van der Waals surface area contributed by atoms with Crippen LogP contribution in [0.3, 0.4) is 0 Å². The van der Waals surface area contributed by atoms with Crippen LogP contribution >= 0.6 is 11.6 Å². The molecule has 1 atom stereocenters. The maximum atomic E-state index is 6.40. The van der Waals surface area contributed by atoms with Crippen LogP contribution in [0.4, 0.5) is 0 Å². The zero-order valence-electron chi connectivity index (χ0n) is 15.6. The molecule has 5 rings (SSSR count). The zero-order chi connectivity index (χ0) is 19.0. The van der Waals surface area contributed by atoms with E-state index < -0.39 is 0 Å². The van der Waals surface area contributed by atoms with Crippen molar-refractivity contribution in [3.8, 4) is 11.3 Å². The topological polar surface area (TPSA) is 56.1 Å². The van der Waals surface area contributed by atoms with Crippen LogP contribution < -0.4 is 0 Å². The molecule has 0 bridgehead atoms. The molecule has 0 aliphatic carbocycles. The van der Waals surface area contributed by atoms with Gasteiger partial charge in [-0.1, -0.05) is 29.8 Å². The summed E-state index contributed by atoms with van der Waals surface area (Å²) in [6.45, 7) is 5.10. The number of aromatic nitrogens is 4. The van der Waals surface area contributed by atoms with Crippen molar-refractivity contribution in [1.82, 2.24) is 24.4 Å². The second-order valence-corrected chi connectivity index (χ2v) is 8.21. The van der Waals surface area contributed by atoms with E-state index in [-0.39, 0.29) is 5.41 Å². The SMILES string of the molecule is Clc1ccccc1CN1CCOC[C@]2(Cc3ncc(-c4cncnc4)n3C2)C1. The Morgan fingerprint density at radius 2 is 1.96 bits per heavy atom. The van der Waals surface area contributed by atoms with Crippen molar-refractivity contribution in [3.63, 3.8) is 0 Å². The van der Waals surface area contributed by atoms with Crippen molar-refractivity contribution in [2.45, 2.75) is 19.5 Å². The number of hydrogen-bond donors (Lipinski definition) is 0. The molecule has 2 aliphatic rings. The van der Waals surface area contributed by atoms with Gasteiger partial charge in [0.2, 0.25) is 0 Å². The predicted molar refractivity (Wildman–Crippen MR) is 107 cm³/mol. The van der Waals surface area contributed by atoms with E-state index in [1.165, 1.54) is 5.56 Å². The molecule has 144 valence electrons. The minimum Gasteiger partial charge on any atom is -0.379 e. The minimum absolute atomic E-state index is 0.0335. The first-order valence-electron chi connectivity index (χ1n) is 9.56. The Bertz CT molecular complexity index is 976. The lowest BCUT2D eigenvalue weighted by molar-refractivity contribution is 0.0668. The third-order valence-corrected chi connectivity index (χ3v) is 6.06. The van der Waals surface area contributed by atoms with Crippen LogP contribution in [0, 0.1) is 5.41 Å². The normalized spacial score (nSPS) is 22.3. The summed E-state index contributed by atoms with van der Waals surface area (Å²) in [6.07, 6.45) is 8.09. The molecule has 28 heavy (non-hydrogen) atoms. The van der Waals surface area contributed by atoms with E-state index in [4.69, 9.17) is 16.3 Å². The molecule has 1 fully saturated rings. The van der Waals surface area contributed by atoms with Gasteiger partial charge in [0.1, 0.15) is 12.2 Å². The highest BCUT2D eigenvalue weighted by atomic mass is 35.5. The number of fused-ring (bicyclic) bond motifs is 1. The highest BCUT2D eigenvalue weighted by molar-refractivity contribution is 6.31. The molecule has 0 unspecified atom stereocenters. The van der Waals surface area contributed by atoms with Gasteiger partial charge in [-0.25, -0.2) is 15.0 Å². The number of ether oxygens (including phenoxy) is 1. The second-order valence-electron chi connectivity index (χ2n) is 7.80. The Balaban J connectivity index is 1.39. The average Bonchev–Trinajstić information content (AvgIpc) is 3.17. The number of hydrogen-bond acceptors (Lipinski definition) is 5. The highest BCUT2D eigenvalue weighted by Gasteiger charge is 2.42. The summed E-state index contributed by atoms with van der Waals surface area (Å²) in [7, 11) is 0. The standard InChI is InChI=1S/C21H22ClN5O/c22-18-4-2-1-3-16(18)11-26-5-6-28-14-21(12-26)7-20-25-10-19(27(20)13-21)17-8-23-15-24-9-17/h1-4,8-10,15H,5-7,11-14H2/t21-/m1/s1. The fraction of sp³-hybridized carbons (Fsp3) is 0.381. The van der Waals surface area contributed by atoms with E-state index in [1.54, 1.807) is 6.33 Å². The lowest BCUT2D eigenvalue weighted by Gasteiger charge is -2.31. The van der Waals surface area contributed by atoms with Crippen LogP contribution in [0.5, 0.6) is 0 Å². The molecule has 1 spiro atoms. The average molecular weight is 396 g/mol. The monoisotopic (exact) mass is 395 g/mol. The molecule has 3 aromatic rings. The molecular formula is C21H22ClN5O. The first-order valence-corrected chi connectivity index (χ1v) is 9.94. The Kier molecular flexibility index (Phi) is 4.62. The number of imidazole rings is 1. The van der Waals surface area contributed by atoms with Crippen LogP contribution in [0.2, 0.25) is 5.02 Å². The van der Waals surface area contributed by atoms with Crippen LogP contribution in [0.15, 0.2) is 49.2 Å². The lowest BCUT2D eigenvalue weighted by atomic mass is 9.86. The van der Waals surface area contributed by atoms with Crippen LogP contribution in [0.25, 0.3) is 11.3 Å². The Hall–Kier alpha value is -2.28. The van der Waals surface area contributed by atoms with Gasteiger partial charge in [0.15, 0.2) is 0 Å². The summed E-state index contributed by atoms with van der Waals surface area (Å²) in [5.74, 6) is 1.11. The van der Waals surface area contributed by atoms with Crippen LogP contribution in [0.1, 0.15) is 11.4 Å². The fourth-order valence-corrected chi connectivity index (χ4v) is 4.60. The molecule has 2 aliphatic heterocycles. The van der Waals surface area contributed by atoms with Gasteiger partial charge in [-0.05, 0) is 11.6 Å². The van der Waals surface area contributed by atoms with Gasteiger partial charge in [0.25, 0.3) is 0 Å². The Labute approximate surface area is 169 Å². The number of nitrogens with zero attached hydrogens (tertiary/aromatic N) is 5. The smallest absolute Gasteiger partial charge is 0.115 e. The Morgan fingerprint density at radius 3 is 2.82 bits per heavy atom. The van der Waals surface area contributed by atoms with Crippen LogP contribution in [-0.4, -0.2) is 50.7 Å². The van der Waals surface area contributed by atoms with Crippen LogP contribution in [-0.2, 0) is 24.2 Å². The first kappa shape index (κ1) is 17.8. The summed E-state index contributed by atoms with van der Waals surface area (Å²) in [6, 6.07) is 8.09. The maximum absolute atomic E-state index is 6.40. The number of halogens is 1. The summed E-state index contributed by atoms with van der Waals surface area (Å²) in [5.41, 5.74) is 3.28. The quantitative estimate of drug-likeness (QED) is 0.682. The van der Waals surface area contributed by atoms with Gasteiger partial charge in [0.05, 0.1) is 25.1 Å². The van der Waals surface area contributed by atoms with Gasteiger partial charge in [-0.15, -0.1) is 0 Å². The molecule has 1 saturated heterocycles. The predicted octanol–water partition coefficient (Wildman–Crippen LogP) is 3.07. The fourth-order valence-electron chi connectivity index (χ4n) is 4.41. The first-order chi connectivity index (χ1) is 13.7. The molecule has 1 aromatic carbocycles. The Morgan fingerprint density at radius 1 is 1.11 bits per heavy atom. The van der Waals surface area contributed by atoms with E-state index in [1.807, 2.05) is 36.8 Å². The van der Waals surface area contributed by atoms with Gasteiger partial charge in [-0.2, -0.15) is 0 Å². The zero-order valence-corrected chi connectivity index (χ0v) is 16.3. The van der Waals surface area contributed by atoms with Crippen molar-refractivity contribution in [2.24, 2.45) is 5.41 Å². The van der Waals surface area contributed by atoms with Gasteiger partial charge >= 0.3 is 0 Å². The van der Waals surface area contributed by atoms with E-state index in [0.717, 1.165) is 67.9 Å². The van der Waals surface area contributed by atoms with Crippen molar-refractivity contribution in [1.29, 1.82) is 0 Å². The van der Waals surface area contributed by atoms with Crippen molar-refractivity contribution >= 4 is 11.6 Å². The third-order valence-electron chi connectivity index (χ3n) is 5.69. The molecule has 0 saturated carbocycles. The molecule has 7 heteroatoms. The number of rotatable bonds is 3. The largest absolute Gasteiger partial charge is 0.379 e. The lowest BCUT2D eigenvalue weighted by Crippen LogP contribution is -2.39. The highest BCUT2D eigenvalue weighted by Crippen LogP contribution is 2.38. The third kappa shape index (κ3) is 3.32. The molecular weight excluding hydrogens is 374 g/mol. The maximum Gasteiger partial charge on any atom is 0.115 e.